The van der Waals surface area contributed by atoms with E-state index in [1.165, 1.54) is 23.8 Å². The molecule has 5 heteroatoms. The summed E-state index contributed by atoms with van der Waals surface area (Å²) in [4.78, 5) is 12.1. The molecule has 0 unspecified atom stereocenters. The lowest BCUT2D eigenvalue weighted by atomic mass is 9.91. The van der Waals surface area contributed by atoms with E-state index in [9.17, 15) is 0 Å². The quantitative estimate of drug-likeness (QED) is 0.772. The maximum absolute atomic E-state index is 4.49. The van der Waals surface area contributed by atoms with Crippen molar-refractivity contribution in [2.75, 3.05) is 25.0 Å². The average molecular weight is 245 g/mol. The molecule has 0 saturated carbocycles. The van der Waals surface area contributed by atoms with Crippen LogP contribution in [0.15, 0.2) is 12.4 Å². The molecule has 1 aliphatic rings. The van der Waals surface area contributed by atoms with Gasteiger partial charge in [0.2, 0.25) is 5.95 Å². The molecule has 3 N–H and O–H groups in total. The molecule has 0 spiro atoms. The van der Waals surface area contributed by atoms with Crippen LogP contribution in [0.3, 0.4) is 0 Å². The van der Waals surface area contributed by atoms with E-state index in [0.29, 0.717) is 11.9 Å². The van der Waals surface area contributed by atoms with E-state index in [0.717, 1.165) is 25.3 Å². The number of nitrogens with one attached hydrogen (secondary N) is 3. The van der Waals surface area contributed by atoms with E-state index in [2.05, 4.69) is 31.8 Å². The zero-order valence-corrected chi connectivity index (χ0v) is 10.7. The summed E-state index contributed by atoms with van der Waals surface area (Å²) in [5, 5.41) is 7.71. The molecule has 0 aromatic carbocycles. The van der Waals surface area contributed by atoms with Gasteiger partial charge in [-0.1, -0.05) is 0 Å². The Morgan fingerprint density at radius 3 is 3.00 bits per heavy atom. The average Bonchev–Trinajstić information content (AvgIpc) is 2.83. The molecule has 3 heterocycles. The molecule has 3 rings (SSSR count). The fourth-order valence-electron chi connectivity index (χ4n) is 2.64. The molecular formula is C13H19N5. The summed E-state index contributed by atoms with van der Waals surface area (Å²) in [6, 6.07) is 0. The Morgan fingerprint density at radius 2 is 2.22 bits per heavy atom. The van der Waals surface area contributed by atoms with Crippen molar-refractivity contribution in [1.82, 2.24) is 20.3 Å². The third-order valence-electron chi connectivity index (χ3n) is 3.58. The number of rotatable bonds is 3. The van der Waals surface area contributed by atoms with Gasteiger partial charge in [-0.3, -0.25) is 0 Å². The molecule has 1 fully saturated rings. The van der Waals surface area contributed by atoms with E-state index in [-0.39, 0.29) is 0 Å². The number of H-pyrrole nitrogens is 1. The summed E-state index contributed by atoms with van der Waals surface area (Å²) >= 11 is 0. The van der Waals surface area contributed by atoms with Crippen LogP contribution in [0.4, 0.5) is 5.95 Å². The number of piperidine rings is 1. The summed E-state index contributed by atoms with van der Waals surface area (Å²) in [7, 11) is 0. The molecule has 1 saturated heterocycles. The smallest absolute Gasteiger partial charge is 0.224 e. The van der Waals surface area contributed by atoms with Crippen LogP contribution in [0, 0.1) is 0 Å². The van der Waals surface area contributed by atoms with Gasteiger partial charge in [0.1, 0.15) is 5.65 Å². The second-order valence-corrected chi connectivity index (χ2v) is 4.75. The van der Waals surface area contributed by atoms with Crippen LogP contribution in [0.1, 0.15) is 31.2 Å². The van der Waals surface area contributed by atoms with Gasteiger partial charge in [0, 0.05) is 24.3 Å². The highest BCUT2D eigenvalue weighted by Crippen LogP contribution is 2.30. The lowest BCUT2D eigenvalue weighted by Crippen LogP contribution is -2.26. The van der Waals surface area contributed by atoms with Gasteiger partial charge < -0.3 is 15.6 Å². The van der Waals surface area contributed by atoms with E-state index < -0.39 is 0 Å². The SMILES string of the molecule is CCNc1ncc2c(C3CCNCC3)c[nH]c2n1. The highest BCUT2D eigenvalue weighted by molar-refractivity contribution is 5.80. The van der Waals surface area contributed by atoms with Crippen molar-refractivity contribution < 1.29 is 0 Å². The van der Waals surface area contributed by atoms with Gasteiger partial charge in [-0.25, -0.2) is 4.98 Å². The number of nitrogens with zero attached hydrogens (tertiary/aromatic N) is 2. The van der Waals surface area contributed by atoms with Crippen LogP contribution in [-0.4, -0.2) is 34.6 Å². The Labute approximate surface area is 106 Å². The lowest BCUT2D eigenvalue weighted by Gasteiger charge is -2.22. The van der Waals surface area contributed by atoms with Gasteiger partial charge in [-0.2, -0.15) is 4.98 Å². The molecule has 96 valence electrons. The van der Waals surface area contributed by atoms with E-state index in [1.54, 1.807) is 0 Å². The highest BCUT2D eigenvalue weighted by atomic mass is 15.1. The fraction of sp³-hybridized carbons (Fsp3) is 0.538. The first-order valence-corrected chi connectivity index (χ1v) is 6.67. The van der Waals surface area contributed by atoms with Crippen LogP contribution in [0.2, 0.25) is 0 Å². The lowest BCUT2D eigenvalue weighted by molar-refractivity contribution is 0.462. The molecular weight excluding hydrogens is 226 g/mol. The molecule has 0 amide bonds. The first-order chi connectivity index (χ1) is 8.88. The number of aromatic nitrogens is 3. The number of aromatic amines is 1. The maximum Gasteiger partial charge on any atom is 0.224 e. The zero-order valence-electron chi connectivity index (χ0n) is 10.7. The van der Waals surface area contributed by atoms with E-state index >= 15 is 0 Å². The monoisotopic (exact) mass is 245 g/mol. The summed E-state index contributed by atoms with van der Waals surface area (Å²) in [6.07, 6.45) is 6.43. The highest BCUT2D eigenvalue weighted by Gasteiger charge is 2.19. The molecule has 0 radical (unpaired) electrons. The molecule has 5 nitrogen and oxygen atoms in total. The van der Waals surface area contributed by atoms with Crippen molar-refractivity contribution in [2.24, 2.45) is 0 Å². The Morgan fingerprint density at radius 1 is 1.39 bits per heavy atom. The van der Waals surface area contributed by atoms with E-state index in [1.807, 2.05) is 13.1 Å². The normalized spacial score (nSPS) is 17.2. The maximum atomic E-state index is 4.49. The van der Waals surface area contributed by atoms with Crippen LogP contribution in [0.5, 0.6) is 0 Å². The van der Waals surface area contributed by atoms with Crippen LogP contribution in [-0.2, 0) is 0 Å². The summed E-state index contributed by atoms with van der Waals surface area (Å²) in [5.74, 6) is 1.33. The predicted molar refractivity (Wildman–Crippen MR) is 72.9 cm³/mol. The third kappa shape index (κ3) is 2.06. The number of hydrogen-bond donors (Lipinski definition) is 3. The Kier molecular flexibility index (Phi) is 3.15. The largest absolute Gasteiger partial charge is 0.354 e. The van der Waals surface area contributed by atoms with E-state index in [4.69, 9.17) is 0 Å². The van der Waals surface area contributed by atoms with Crippen molar-refractivity contribution >= 4 is 17.0 Å². The van der Waals surface area contributed by atoms with Gasteiger partial charge in [-0.05, 0) is 44.3 Å². The second-order valence-electron chi connectivity index (χ2n) is 4.75. The molecule has 18 heavy (non-hydrogen) atoms. The molecule has 0 atom stereocenters. The minimum atomic E-state index is 0.633. The second kappa shape index (κ2) is 4.94. The van der Waals surface area contributed by atoms with Gasteiger partial charge in [-0.15, -0.1) is 0 Å². The summed E-state index contributed by atoms with van der Waals surface area (Å²) < 4.78 is 0. The first-order valence-electron chi connectivity index (χ1n) is 6.67. The molecule has 1 aliphatic heterocycles. The Balaban J connectivity index is 1.93. The van der Waals surface area contributed by atoms with Gasteiger partial charge in [0.15, 0.2) is 0 Å². The van der Waals surface area contributed by atoms with Crippen LogP contribution >= 0.6 is 0 Å². The van der Waals surface area contributed by atoms with Gasteiger partial charge in [0.25, 0.3) is 0 Å². The Bertz CT molecular complexity index is 527. The van der Waals surface area contributed by atoms with Crippen molar-refractivity contribution in [1.29, 1.82) is 0 Å². The minimum absolute atomic E-state index is 0.633. The molecule has 2 aromatic rings. The van der Waals surface area contributed by atoms with Crippen molar-refractivity contribution in [3.8, 4) is 0 Å². The van der Waals surface area contributed by atoms with Crippen molar-refractivity contribution in [3.05, 3.63) is 18.0 Å². The fourth-order valence-corrected chi connectivity index (χ4v) is 2.64. The molecule has 0 bridgehead atoms. The standard InChI is InChI=1S/C13H19N5/c1-2-15-13-17-8-11-10(7-16-12(11)18-13)9-3-5-14-6-4-9/h7-9,14H,2-6H2,1H3,(H2,15,16,17,18). The van der Waals surface area contributed by atoms with Crippen molar-refractivity contribution in [3.63, 3.8) is 0 Å². The minimum Gasteiger partial charge on any atom is -0.354 e. The molecule has 0 aliphatic carbocycles. The third-order valence-corrected chi connectivity index (χ3v) is 3.58. The Hall–Kier alpha value is -1.62. The zero-order chi connectivity index (χ0) is 12.4. The topological polar surface area (TPSA) is 65.6 Å². The van der Waals surface area contributed by atoms with Crippen molar-refractivity contribution in [2.45, 2.75) is 25.7 Å². The van der Waals surface area contributed by atoms with Gasteiger partial charge >= 0.3 is 0 Å². The first kappa shape index (κ1) is 11.5. The summed E-state index contributed by atoms with van der Waals surface area (Å²) in [6.45, 7) is 5.09. The number of fused-ring (bicyclic) bond motifs is 1. The van der Waals surface area contributed by atoms with Crippen LogP contribution in [0.25, 0.3) is 11.0 Å². The predicted octanol–water partition coefficient (Wildman–Crippen LogP) is 1.86. The number of anilines is 1. The number of hydrogen-bond acceptors (Lipinski definition) is 4. The van der Waals surface area contributed by atoms with Gasteiger partial charge in [0.05, 0.1) is 0 Å². The molecule has 2 aromatic heterocycles. The van der Waals surface area contributed by atoms with Crippen LogP contribution < -0.4 is 10.6 Å². The summed E-state index contributed by atoms with van der Waals surface area (Å²) in [5.41, 5.74) is 2.31.